The lowest BCUT2D eigenvalue weighted by Gasteiger charge is -2.24. The van der Waals surface area contributed by atoms with Crippen molar-refractivity contribution in [1.82, 2.24) is 35.0 Å². The fourth-order valence-corrected chi connectivity index (χ4v) is 4.02. The molecular weight excluding hydrogens is 408 g/mol. The molecule has 1 amide bonds. The molecule has 1 fully saturated rings. The number of imidazole rings is 1. The third kappa shape index (κ3) is 3.58. The van der Waals surface area contributed by atoms with Crippen LogP contribution < -0.4 is 16.4 Å². The first-order chi connectivity index (χ1) is 15.4. The SMILES string of the molecule is Cc1cnc2ccc(-c3nc(C(=O)NCC4(C)CCCN4)c(N)nc3-c3ncco3)cn12. The van der Waals surface area contributed by atoms with Gasteiger partial charge in [-0.05, 0) is 45.4 Å². The maximum atomic E-state index is 13.0. The van der Waals surface area contributed by atoms with Crippen molar-refractivity contribution in [3.63, 3.8) is 0 Å². The Morgan fingerprint density at radius 3 is 2.94 bits per heavy atom. The predicted octanol–water partition coefficient (Wildman–Crippen LogP) is 2.21. The molecule has 4 aromatic rings. The number of aromatic nitrogens is 5. The Kier molecular flexibility index (Phi) is 4.86. The van der Waals surface area contributed by atoms with Crippen molar-refractivity contribution in [3.05, 3.63) is 48.4 Å². The van der Waals surface area contributed by atoms with Crippen molar-refractivity contribution in [2.24, 2.45) is 0 Å². The fraction of sp³-hybridized carbons (Fsp3) is 0.318. The third-order valence-corrected chi connectivity index (χ3v) is 5.83. The molecule has 4 N–H and O–H groups in total. The molecule has 1 aliphatic rings. The van der Waals surface area contributed by atoms with E-state index in [4.69, 9.17) is 10.2 Å². The van der Waals surface area contributed by atoms with Crippen molar-refractivity contribution >= 4 is 17.4 Å². The molecule has 5 rings (SSSR count). The molecular formula is C22H24N8O2. The Hall–Kier alpha value is -3.79. The van der Waals surface area contributed by atoms with Crippen molar-refractivity contribution < 1.29 is 9.21 Å². The van der Waals surface area contributed by atoms with Crippen molar-refractivity contribution in [2.45, 2.75) is 32.2 Å². The molecule has 0 bridgehead atoms. The van der Waals surface area contributed by atoms with Crippen LogP contribution in [0.25, 0.3) is 28.5 Å². The average molecular weight is 432 g/mol. The molecule has 0 radical (unpaired) electrons. The number of nitrogens with zero attached hydrogens (tertiary/aromatic N) is 5. The summed E-state index contributed by atoms with van der Waals surface area (Å²) in [6.07, 6.45) is 8.74. The van der Waals surface area contributed by atoms with Gasteiger partial charge in [-0.2, -0.15) is 0 Å². The molecule has 1 atom stereocenters. The largest absolute Gasteiger partial charge is 0.443 e. The number of carbonyl (C=O) groups excluding carboxylic acids is 1. The molecule has 0 spiro atoms. The number of aryl methyl sites for hydroxylation is 1. The van der Waals surface area contributed by atoms with Crippen molar-refractivity contribution in [3.8, 4) is 22.8 Å². The highest BCUT2D eigenvalue weighted by molar-refractivity contribution is 5.97. The highest BCUT2D eigenvalue weighted by atomic mass is 16.3. The molecule has 0 aromatic carbocycles. The summed E-state index contributed by atoms with van der Waals surface area (Å²) in [6.45, 7) is 5.47. The summed E-state index contributed by atoms with van der Waals surface area (Å²) >= 11 is 0. The van der Waals surface area contributed by atoms with E-state index in [2.05, 4.69) is 37.5 Å². The molecule has 0 aliphatic carbocycles. The smallest absolute Gasteiger partial charge is 0.273 e. The number of nitrogen functional groups attached to an aromatic ring is 1. The number of hydrogen-bond acceptors (Lipinski definition) is 8. The van der Waals surface area contributed by atoms with Crippen LogP contribution in [0.2, 0.25) is 0 Å². The van der Waals surface area contributed by atoms with Gasteiger partial charge in [0.05, 0.1) is 6.20 Å². The van der Waals surface area contributed by atoms with Gasteiger partial charge >= 0.3 is 0 Å². The van der Waals surface area contributed by atoms with E-state index in [1.54, 1.807) is 6.20 Å². The van der Waals surface area contributed by atoms with Crippen LogP contribution in [0.4, 0.5) is 5.82 Å². The van der Waals surface area contributed by atoms with Crippen LogP contribution in [0.1, 0.15) is 35.9 Å². The van der Waals surface area contributed by atoms with Gasteiger partial charge in [0.25, 0.3) is 5.91 Å². The molecule has 10 heteroatoms. The summed E-state index contributed by atoms with van der Waals surface area (Å²) in [4.78, 5) is 30.6. The van der Waals surface area contributed by atoms with Crippen LogP contribution in [-0.4, -0.2) is 48.9 Å². The molecule has 10 nitrogen and oxygen atoms in total. The molecule has 0 saturated carbocycles. The molecule has 1 saturated heterocycles. The second kappa shape index (κ2) is 7.72. The van der Waals surface area contributed by atoms with Crippen LogP contribution in [0.15, 0.2) is 41.4 Å². The Labute approximate surface area is 184 Å². The number of pyridine rings is 1. The number of fused-ring (bicyclic) bond motifs is 1. The van der Waals surface area contributed by atoms with Gasteiger partial charge < -0.3 is 25.2 Å². The van der Waals surface area contributed by atoms with Crippen LogP contribution in [0.5, 0.6) is 0 Å². The van der Waals surface area contributed by atoms with Crippen LogP contribution in [0, 0.1) is 6.92 Å². The first-order valence-electron chi connectivity index (χ1n) is 10.5. The fourth-order valence-electron chi connectivity index (χ4n) is 4.02. The number of amides is 1. The Balaban J connectivity index is 1.57. The highest BCUT2D eigenvalue weighted by Crippen LogP contribution is 2.30. The zero-order valence-electron chi connectivity index (χ0n) is 17.9. The molecule has 4 aromatic heterocycles. The van der Waals surface area contributed by atoms with Crippen LogP contribution >= 0.6 is 0 Å². The van der Waals surface area contributed by atoms with E-state index >= 15 is 0 Å². The van der Waals surface area contributed by atoms with Crippen LogP contribution in [-0.2, 0) is 0 Å². The first kappa shape index (κ1) is 20.1. The van der Waals surface area contributed by atoms with E-state index in [0.717, 1.165) is 36.3 Å². The van der Waals surface area contributed by atoms with Crippen molar-refractivity contribution in [2.75, 3.05) is 18.8 Å². The maximum absolute atomic E-state index is 13.0. The second-order valence-electron chi connectivity index (χ2n) is 8.31. The number of nitrogens with one attached hydrogen (secondary N) is 2. The second-order valence-corrected chi connectivity index (χ2v) is 8.31. The number of rotatable bonds is 5. The molecule has 5 heterocycles. The maximum Gasteiger partial charge on any atom is 0.273 e. The quantitative estimate of drug-likeness (QED) is 0.437. The zero-order valence-corrected chi connectivity index (χ0v) is 17.9. The summed E-state index contributed by atoms with van der Waals surface area (Å²) in [5.74, 6) is -0.0785. The minimum absolute atomic E-state index is 0.0175. The summed E-state index contributed by atoms with van der Waals surface area (Å²) in [5, 5.41) is 6.38. The lowest BCUT2D eigenvalue weighted by atomic mass is 10.0. The summed E-state index contributed by atoms with van der Waals surface area (Å²) in [6, 6.07) is 3.76. The summed E-state index contributed by atoms with van der Waals surface area (Å²) in [5.41, 5.74) is 9.42. The van der Waals surface area contributed by atoms with Gasteiger partial charge in [-0.25, -0.2) is 19.9 Å². The zero-order chi connectivity index (χ0) is 22.3. The van der Waals surface area contributed by atoms with E-state index in [0.29, 0.717) is 17.9 Å². The molecule has 1 unspecified atom stereocenters. The number of carbonyl (C=O) groups is 1. The lowest BCUT2D eigenvalue weighted by Crippen LogP contribution is -2.47. The monoisotopic (exact) mass is 432 g/mol. The van der Waals surface area contributed by atoms with Gasteiger partial charge in [-0.15, -0.1) is 0 Å². The van der Waals surface area contributed by atoms with E-state index in [9.17, 15) is 4.79 Å². The minimum atomic E-state index is -0.370. The van der Waals surface area contributed by atoms with Gasteiger partial charge in [-0.3, -0.25) is 4.79 Å². The Bertz CT molecular complexity index is 1290. The molecule has 164 valence electrons. The van der Waals surface area contributed by atoms with E-state index in [-0.39, 0.29) is 28.8 Å². The van der Waals surface area contributed by atoms with Crippen LogP contribution in [0.3, 0.4) is 0 Å². The Morgan fingerprint density at radius 1 is 1.31 bits per heavy atom. The van der Waals surface area contributed by atoms with Crippen molar-refractivity contribution in [1.29, 1.82) is 0 Å². The summed E-state index contributed by atoms with van der Waals surface area (Å²) in [7, 11) is 0. The minimum Gasteiger partial charge on any atom is -0.443 e. The number of oxazole rings is 1. The molecule has 1 aliphatic heterocycles. The Morgan fingerprint density at radius 2 is 2.19 bits per heavy atom. The van der Waals surface area contributed by atoms with E-state index in [1.807, 2.05) is 29.7 Å². The number of hydrogen-bond donors (Lipinski definition) is 3. The first-order valence-corrected chi connectivity index (χ1v) is 10.5. The number of nitrogens with two attached hydrogens (primary N) is 1. The van der Waals surface area contributed by atoms with Gasteiger partial charge in [-0.1, -0.05) is 0 Å². The van der Waals surface area contributed by atoms with Gasteiger partial charge in [0.1, 0.15) is 17.6 Å². The third-order valence-electron chi connectivity index (χ3n) is 5.83. The highest BCUT2D eigenvalue weighted by Gasteiger charge is 2.29. The molecule has 32 heavy (non-hydrogen) atoms. The normalized spacial score (nSPS) is 18.3. The topological polar surface area (TPSA) is 136 Å². The van der Waals surface area contributed by atoms with Gasteiger partial charge in [0.2, 0.25) is 5.89 Å². The average Bonchev–Trinajstić information content (AvgIpc) is 3.54. The predicted molar refractivity (Wildman–Crippen MR) is 119 cm³/mol. The van der Waals surface area contributed by atoms with Gasteiger partial charge in [0.15, 0.2) is 17.2 Å². The van der Waals surface area contributed by atoms with E-state index in [1.165, 1.54) is 12.5 Å². The number of anilines is 1. The summed E-state index contributed by atoms with van der Waals surface area (Å²) < 4.78 is 7.41. The van der Waals surface area contributed by atoms with E-state index < -0.39 is 0 Å². The standard InChI is InChI=1S/C22H24N8O2/c1-13-10-25-15-5-4-14(11-30(13)15)16-17(21-24-8-9-32-21)29-19(23)18(28-16)20(31)26-12-22(2)6-3-7-27-22/h4-5,8-11,27H,3,6-7,12H2,1-2H3,(H2,23,29)(H,26,31). The van der Waals surface area contributed by atoms with Gasteiger partial charge in [0, 0.05) is 35.7 Å². The lowest BCUT2D eigenvalue weighted by molar-refractivity contribution is 0.0938.